The highest BCUT2D eigenvalue weighted by Crippen LogP contribution is 2.20. The lowest BCUT2D eigenvalue weighted by atomic mass is 10.1. The Kier molecular flexibility index (Phi) is 5.08. The molecule has 0 aliphatic carbocycles. The molecule has 1 aliphatic rings. The first-order valence-electron chi connectivity index (χ1n) is 7.17. The molecule has 0 saturated carbocycles. The van der Waals surface area contributed by atoms with Gasteiger partial charge in [-0.3, -0.25) is 0 Å². The number of β-amino-alcohol motifs (C(OH)–C–C–N with tert-alkyl or cyclic N) is 1. The van der Waals surface area contributed by atoms with E-state index in [0.29, 0.717) is 5.52 Å². The van der Waals surface area contributed by atoms with E-state index < -0.39 is 0 Å². The first kappa shape index (κ1) is 15.7. The largest absolute Gasteiger partial charge is 0.392 e. The molecule has 1 fully saturated rings. The van der Waals surface area contributed by atoms with Crippen LogP contribution in [0.2, 0.25) is 0 Å². The fourth-order valence-electron chi connectivity index (χ4n) is 2.23. The average Bonchev–Trinajstić information content (AvgIpc) is 2.77. The highest BCUT2D eigenvalue weighted by Gasteiger charge is 2.12. The Bertz CT molecular complexity index is 592. The number of nitrogens with two attached hydrogens (primary N) is 1. The number of halogens is 1. The number of aliphatic hydroxyl groups is 1. The number of fused-ring (bicyclic) bond motifs is 1. The number of anilines is 1. The standard InChI is InChI=1S/C9H11FN4.C5H11NO/c1-5(2)7-3-6(10)8-4-12-9(11)13-14(7)8;7-5-2-1-3-6-4-5/h3-5H,1-2H3,(H2,11,13);5-7H,1-4H2. The third kappa shape index (κ3) is 3.89. The fraction of sp³-hybridized carbons (Fsp3) is 0.571. The van der Waals surface area contributed by atoms with Crippen LogP contribution in [0.25, 0.3) is 5.52 Å². The first-order valence-corrected chi connectivity index (χ1v) is 7.17. The Morgan fingerprint density at radius 1 is 1.52 bits per heavy atom. The summed E-state index contributed by atoms with van der Waals surface area (Å²) in [6.07, 6.45) is 3.42. The summed E-state index contributed by atoms with van der Waals surface area (Å²) in [6, 6.07) is 1.47. The lowest BCUT2D eigenvalue weighted by Crippen LogP contribution is -2.33. The van der Waals surface area contributed by atoms with Gasteiger partial charge in [0.05, 0.1) is 12.3 Å². The van der Waals surface area contributed by atoms with Crippen molar-refractivity contribution in [1.82, 2.24) is 19.9 Å². The zero-order valence-electron chi connectivity index (χ0n) is 12.4. The molecule has 3 heterocycles. The van der Waals surface area contributed by atoms with Gasteiger partial charge in [-0.15, -0.1) is 5.10 Å². The maximum Gasteiger partial charge on any atom is 0.238 e. The molecule has 3 rings (SSSR count). The molecule has 2 aromatic heterocycles. The Labute approximate surface area is 123 Å². The van der Waals surface area contributed by atoms with Crippen LogP contribution in [0.1, 0.15) is 38.3 Å². The van der Waals surface area contributed by atoms with E-state index in [1.165, 1.54) is 16.8 Å². The Morgan fingerprint density at radius 2 is 2.29 bits per heavy atom. The number of aromatic nitrogens is 3. The predicted octanol–water partition coefficient (Wildman–Crippen LogP) is 1.30. The number of nitrogens with one attached hydrogen (secondary N) is 1. The molecule has 7 heteroatoms. The van der Waals surface area contributed by atoms with Crippen molar-refractivity contribution in [1.29, 1.82) is 0 Å². The summed E-state index contributed by atoms with van der Waals surface area (Å²) in [5, 5.41) is 15.9. The Morgan fingerprint density at radius 3 is 2.81 bits per heavy atom. The van der Waals surface area contributed by atoms with Crippen molar-refractivity contribution < 1.29 is 9.50 Å². The van der Waals surface area contributed by atoms with E-state index in [9.17, 15) is 4.39 Å². The van der Waals surface area contributed by atoms with Crippen molar-refractivity contribution in [3.8, 4) is 0 Å². The summed E-state index contributed by atoms with van der Waals surface area (Å²) in [5.41, 5.74) is 6.60. The molecule has 0 aromatic carbocycles. The minimum atomic E-state index is -0.311. The monoisotopic (exact) mass is 295 g/mol. The molecule has 1 unspecified atom stereocenters. The molecule has 1 aliphatic heterocycles. The topological polar surface area (TPSA) is 88.5 Å². The van der Waals surface area contributed by atoms with Crippen molar-refractivity contribution in [2.24, 2.45) is 0 Å². The molecule has 6 nitrogen and oxygen atoms in total. The number of nitrogen functional groups attached to an aromatic ring is 1. The van der Waals surface area contributed by atoms with Gasteiger partial charge in [0.1, 0.15) is 5.52 Å². The van der Waals surface area contributed by atoms with Crippen LogP contribution in [0, 0.1) is 5.82 Å². The summed E-state index contributed by atoms with van der Waals surface area (Å²) in [5.74, 6) is 0.0324. The van der Waals surface area contributed by atoms with Gasteiger partial charge >= 0.3 is 0 Å². The van der Waals surface area contributed by atoms with Gasteiger partial charge in [-0.05, 0) is 31.4 Å². The SMILES string of the molecule is CC(C)c1cc(F)c2cnc(N)nn12.OC1CCCNC1. The Hall–Kier alpha value is -1.73. The first-order chi connectivity index (χ1) is 9.99. The van der Waals surface area contributed by atoms with Crippen molar-refractivity contribution >= 4 is 11.5 Å². The highest BCUT2D eigenvalue weighted by atomic mass is 19.1. The summed E-state index contributed by atoms with van der Waals surface area (Å²) in [7, 11) is 0. The van der Waals surface area contributed by atoms with E-state index in [0.717, 1.165) is 31.6 Å². The maximum absolute atomic E-state index is 13.4. The van der Waals surface area contributed by atoms with Crippen molar-refractivity contribution in [3.05, 3.63) is 23.8 Å². The average molecular weight is 295 g/mol. The third-order valence-corrected chi connectivity index (χ3v) is 3.38. The highest BCUT2D eigenvalue weighted by molar-refractivity contribution is 5.49. The summed E-state index contributed by atoms with van der Waals surface area (Å²) < 4.78 is 14.9. The lowest BCUT2D eigenvalue weighted by molar-refractivity contribution is 0.142. The van der Waals surface area contributed by atoms with Crippen molar-refractivity contribution in [2.45, 2.75) is 38.7 Å². The summed E-state index contributed by atoms with van der Waals surface area (Å²) in [6.45, 7) is 5.82. The minimum absolute atomic E-state index is 0.0752. The van der Waals surface area contributed by atoms with Gasteiger partial charge < -0.3 is 16.2 Å². The quantitative estimate of drug-likeness (QED) is 0.738. The van der Waals surface area contributed by atoms with Crippen LogP contribution in [0.3, 0.4) is 0 Å². The molecular weight excluding hydrogens is 273 g/mol. The molecule has 0 amide bonds. The molecule has 1 atom stereocenters. The molecule has 4 N–H and O–H groups in total. The van der Waals surface area contributed by atoms with E-state index >= 15 is 0 Å². The molecule has 116 valence electrons. The molecular formula is C14H22FN5O. The van der Waals surface area contributed by atoms with Gasteiger partial charge in [-0.1, -0.05) is 13.8 Å². The molecule has 2 aromatic rings. The van der Waals surface area contributed by atoms with E-state index in [-0.39, 0.29) is 23.8 Å². The van der Waals surface area contributed by atoms with E-state index in [1.54, 1.807) is 0 Å². The molecule has 21 heavy (non-hydrogen) atoms. The minimum Gasteiger partial charge on any atom is -0.392 e. The summed E-state index contributed by atoms with van der Waals surface area (Å²) in [4.78, 5) is 3.75. The van der Waals surface area contributed by atoms with Gasteiger partial charge in [-0.2, -0.15) is 0 Å². The second-order valence-corrected chi connectivity index (χ2v) is 5.49. The van der Waals surface area contributed by atoms with Gasteiger partial charge in [0.2, 0.25) is 5.95 Å². The number of hydrogen-bond donors (Lipinski definition) is 3. The van der Waals surface area contributed by atoms with Crippen LogP contribution >= 0.6 is 0 Å². The number of aliphatic hydroxyl groups excluding tert-OH is 1. The molecule has 1 saturated heterocycles. The summed E-state index contributed by atoms with van der Waals surface area (Å²) >= 11 is 0. The van der Waals surface area contributed by atoms with Gasteiger partial charge in [-0.25, -0.2) is 13.9 Å². The van der Waals surface area contributed by atoms with Crippen LogP contribution in [-0.4, -0.2) is 38.9 Å². The van der Waals surface area contributed by atoms with Gasteiger partial charge in [0.25, 0.3) is 0 Å². The van der Waals surface area contributed by atoms with E-state index in [1.807, 2.05) is 13.8 Å². The fourth-order valence-corrected chi connectivity index (χ4v) is 2.23. The van der Waals surface area contributed by atoms with Gasteiger partial charge in [0, 0.05) is 12.2 Å². The zero-order chi connectivity index (χ0) is 15.4. The van der Waals surface area contributed by atoms with Crippen LogP contribution < -0.4 is 11.1 Å². The number of nitrogens with zero attached hydrogens (tertiary/aromatic N) is 3. The van der Waals surface area contributed by atoms with E-state index in [4.69, 9.17) is 10.8 Å². The number of rotatable bonds is 1. The van der Waals surface area contributed by atoms with Crippen LogP contribution in [0.5, 0.6) is 0 Å². The molecule has 0 bridgehead atoms. The maximum atomic E-state index is 13.4. The predicted molar refractivity (Wildman–Crippen MR) is 79.6 cm³/mol. The lowest BCUT2D eigenvalue weighted by Gasteiger charge is -2.16. The normalized spacial score (nSPS) is 18.6. The third-order valence-electron chi connectivity index (χ3n) is 3.38. The number of hydrogen-bond acceptors (Lipinski definition) is 5. The van der Waals surface area contributed by atoms with Crippen molar-refractivity contribution in [2.75, 3.05) is 18.8 Å². The van der Waals surface area contributed by atoms with E-state index in [2.05, 4.69) is 15.4 Å². The van der Waals surface area contributed by atoms with Gasteiger partial charge in [0.15, 0.2) is 5.82 Å². The molecule has 0 spiro atoms. The second-order valence-electron chi connectivity index (χ2n) is 5.49. The smallest absolute Gasteiger partial charge is 0.238 e. The second kappa shape index (κ2) is 6.82. The molecule has 0 radical (unpaired) electrons. The Balaban J connectivity index is 0.000000194. The van der Waals surface area contributed by atoms with Crippen LogP contribution in [0.15, 0.2) is 12.3 Å². The van der Waals surface area contributed by atoms with Crippen LogP contribution in [0.4, 0.5) is 10.3 Å². The van der Waals surface area contributed by atoms with Crippen molar-refractivity contribution in [3.63, 3.8) is 0 Å². The zero-order valence-corrected chi connectivity index (χ0v) is 12.4. The van der Waals surface area contributed by atoms with Crippen LogP contribution in [-0.2, 0) is 0 Å². The number of piperidine rings is 1.